The number of amides is 1. The predicted molar refractivity (Wildman–Crippen MR) is 72.7 cm³/mol. The van der Waals surface area contributed by atoms with E-state index in [-0.39, 0.29) is 5.91 Å². The third kappa shape index (κ3) is 4.18. The molecule has 100 valence electrons. The van der Waals surface area contributed by atoms with Gasteiger partial charge in [0.05, 0.1) is 6.54 Å². The number of pyridine rings is 1. The monoisotopic (exact) mass is 259 g/mol. The minimum absolute atomic E-state index is 0.0384. The highest BCUT2D eigenvalue weighted by atomic mass is 16.1. The molecule has 0 aliphatic carbocycles. The Balaban J connectivity index is 1.90. The lowest BCUT2D eigenvalue weighted by Crippen LogP contribution is -2.19. The Labute approximate surface area is 111 Å². The van der Waals surface area contributed by atoms with E-state index in [9.17, 15) is 4.79 Å². The van der Waals surface area contributed by atoms with Crippen LogP contribution in [0.5, 0.6) is 0 Å². The maximum Gasteiger partial charge on any atom is 0.226 e. The minimum atomic E-state index is -0.0384. The topological polar surface area (TPSA) is 71.8 Å². The molecule has 0 fully saturated rings. The SMILES string of the molecule is CNCCC(=O)Nc1ccn(Cc2ccncc2)n1. The summed E-state index contributed by atoms with van der Waals surface area (Å²) in [7, 11) is 1.82. The van der Waals surface area contributed by atoms with E-state index < -0.39 is 0 Å². The van der Waals surface area contributed by atoms with Gasteiger partial charge in [-0.05, 0) is 24.7 Å². The second-order valence-electron chi connectivity index (χ2n) is 4.16. The lowest BCUT2D eigenvalue weighted by atomic mass is 10.3. The van der Waals surface area contributed by atoms with Crippen LogP contribution in [-0.4, -0.2) is 34.3 Å². The van der Waals surface area contributed by atoms with E-state index >= 15 is 0 Å². The summed E-state index contributed by atoms with van der Waals surface area (Å²) in [5.74, 6) is 0.540. The van der Waals surface area contributed by atoms with E-state index in [1.165, 1.54) is 0 Å². The van der Waals surface area contributed by atoms with E-state index in [1.54, 1.807) is 23.1 Å². The van der Waals surface area contributed by atoms with Crippen LogP contribution >= 0.6 is 0 Å². The molecule has 0 aliphatic heterocycles. The van der Waals surface area contributed by atoms with E-state index in [0.29, 0.717) is 25.3 Å². The van der Waals surface area contributed by atoms with Gasteiger partial charge in [0.2, 0.25) is 5.91 Å². The summed E-state index contributed by atoms with van der Waals surface area (Å²) in [6.45, 7) is 1.32. The number of aromatic nitrogens is 3. The second-order valence-corrected chi connectivity index (χ2v) is 4.16. The highest BCUT2D eigenvalue weighted by Gasteiger charge is 2.04. The molecule has 6 heteroatoms. The van der Waals surface area contributed by atoms with Crippen LogP contribution in [0.25, 0.3) is 0 Å². The van der Waals surface area contributed by atoms with Gasteiger partial charge in [-0.2, -0.15) is 5.10 Å². The maximum atomic E-state index is 11.5. The average molecular weight is 259 g/mol. The Morgan fingerprint density at radius 2 is 2.11 bits per heavy atom. The quantitative estimate of drug-likeness (QED) is 0.807. The summed E-state index contributed by atoms with van der Waals surface area (Å²) in [5.41, 5.74) is 1.12. The largest absolute Gasteiger partial charge is 0.319 e. The molecule has 0 atom stereocenters. The fourth-order valence-electron chi connectivity index (χ4n) is 1.64. The molecule has 19 heavy (non-hydrogen) atoms. The summed E-state index contributed by atoms with van der Waals surface area (Å²) in [5, 5.41) is 9.99. The molecule has 0 spiro atoms. The zero-order valence-electron chi connectivity index (χ0n) is 10.8. The van der Waals surface area contributed by atoms with E-state index in [2.05, 4.69) is 20.7 Å². The van der Waals surface area contributed by atoms with Crippen LogP contribution in [0, 0.1) is 0 Å². The zero-order chi connectivity index (χ0) is 13.5. The fraction of sp³-hybridized carbons (Fsp3) is 0.308. The molecule has 0 aliphatic rings. The molecular weight excluding hydrogens is 242 g/mol. The molecule has 2 aromatic heterocycles. The molecule has 2 N–H and O–H groups in total. The highest BCUT2D eigenvalue weighted by Crippen LogP contribution is 2.06. The van der Waals surface area contributed by atoms with Crippen LogP contribution in [0.3, 0.4) is 0 Å². The van der Waals surface area contributed by atoms with Crippen LogP contribution in [0.4, 0.5) is 5.82 Å². The van der Waals surface area contributed by atoms with Gasteiger partial charge in [-0.25, -0.2) is 0 Å². The molecule has 1 amide bonds. The van der Waals surface area contributed by atoms with Crippen LogP contribution in [0.15, 0.2) is 36.8 Å². The Hall–Kier alpha value is -2.21. The standard InChI is InChI=1S/C13H17N5O/c1-14-6-4-13(19)16-12-5-9-18(17-12)10-11-2-7-15-8-3-11/h2-3,5,7-9,14H,4,6,10H2,1H3,(H,16,17,19). The van der Waals surface area contributed by atoms with Gasteiger partial charge < -0.3 is 10.6 Å². The van der Waals surface area contributed by atoms with Crippen LogP contribution < -0.4 is 10.6 Å². The number of anilines is 1. The number of carbonyl (C=O) groups excluding carboxylic acids is 1. The van der Waals surface area contributed by atoms with E-state index in [1.807, 2.05) is 25.4 Å². The van der Waals surface area contributed by atoms with Crippen molar-refractivity contribution in [2.24, 2.45) is 0 Å². The van der Waals surface area contributed by atoms with Crippen LogP contribution in [0.2, 0.25) is 0 Å². The number of rotatable bonds is 6. The van der Waals surface area contributed by atoms with Gasteiger partial charge in [0.15, 0.2) is 5.82 Å². The normalized spacial score (nSPS) is 10.4. The molecular formula is C13H17N5O. The summed E-state index contributed by atoms with van der Waals surface area (Å²) in [6.07, 6.45) is 5.78. The van der Waals surface area contributed by atoms with Crippen molar-refractivity contribution in [3.63, 3.8) is 0 Å². The van der Waals surface area contributed by atoms with Gasteiger partial charge in [0.1, 0.15) is 0 Å². The summed E-state index contributed by atoms with van der Waals surface area (Å²) >= 11 is 0. The first kappa shape index (κ1) is 13.2. The Bertz CT molecular complexity index is 523. The number of hydrogen-bond acceptors (Lipinski definition) is 4. The highest BCUT2D eigenvalue weighted by molar-refractivity contribution is 5.89. The van der Waals surface area contributed by atoms with Crippen molar-refractivity contribution in [2.45, 2.75) is 13.0 Å². The Morgan fingerprint density at radius 1 is 1.32 bits per heavy atom. The molecule has 2 aromatic rings. The van der Waals surface area contributed by atoms with Gasteiger partial charge in [-0.3, -0.25) is 14.5 Å². The first-order valence-corrected chi connectivity index (χ1v) is 6.15. The van der Waals surface area contributed by atoms with E-state index in [0.717, 1.165) is 5.56 Å². The fourth-order valence-corrected chi connectivity index (χ4v) is 1.64. The van der Waals surface area contributed by atoms with Gasteiger partial charge in [-0.15, -0.1) is 0 Å². The number of carbonyl (C=O) groups is 1. The molecule has 2 heterocycles. The van der Waals surface area contributed by atoms with Crippen molar-refractivity contribution in [3.8, 4) is 0 Å². The predicted octanol–water partition coefficient (Wildman–Crippen LogP) is 0.874. The van der Waals surface area contributed by atoms with E-state index in [4.69, 9.17) is 0 Å². The Kier molecular flexibility index (Phi) is 4.63. The van der Waals surface area contributed by atoms with Crippen molar-refractivity contribution in [2.75, 3.05) is 18.9 Å². The lowest BCUT2D eigenvalue weighted by molar-refractivity contribution is -0.116. The van der Waals surface area contributed by atoms with Crippen LogP contribution in [-0.2, 0) is 11.3 Å². The number of nitrogens with one attached hydrogen (secondary N) is 2. The molecule has 0 radical (unpaired) electrons. The number of hydrogen-bond donors (Lipinski definition) is 2. The molecule has 0 bridgehead atoms. The first-order valence-electron chi connectivity index (χ1n) is 6.15. The summed E-state index contributed by atoms with van der Waals surface area (Å²) in [4.78, 5) is 15.5. The first-order chi connectivity index (χ1) is 9.28. The summed E-state index contributed by atoms with van der Waals surface area (Å²) in [6, 6.07) is 5.66. The van der Waals surface area contributed by atoms with Gasteiger partial charge in [0, 0.05) is 37.6 Å². The third-order valence-corrected chi connectivity index (χ3v) is 2.60. The maximum absolute atomic E-state index is 11.5. The zero-order valence-corrected chi connectivity index (χ0v) is 10.8. The molecule has 0 unspecified atom stereocenters. The number of nitrogens with zero attached hydrogens (tertiary/aromatic N) is 3. The lowest BCUT2D eigenvalue weighted by Gasteiger charge is -2.02. The third-order valence-electron chi connectivity index (χ3n) is 2.60. The van der Waals surface area contributed by atoms with Gasteiger partial charge in [-0.1, -0.05) is 0 Å². The smallest absolute Gasteiger partial charge is 0.226 e. The molecule has 0 saturated heterocycles. The van der Waals surface area contributed by atoms with Crippen molar-refractivity contribution in [1.29, 1.82) is 0 Å². The molecule has 0 saturated carbocycles. The van der Waals surface area contributed by atoms with Crippen molar-refractivity contribution < 1.29 is 4.79 Å². The van der Waals surface area contributed by atoms with Crippen molar-refractivity contribution in [1.82, 2.24) is 20.1 Å². The van der Waals surface area contributed by atoms with Crippen LogP contribution in [0.1, 0.15) is 12.0 Å². The van der Waals surface area contributed by atoms with Crippen molar-refractivity contribution >= 4 is 11.7 Å². The van der Waals surface area contributed by atoms with Crippen molar-refractivity contribution in [3.05, 3.63) is 42.4 Å². The van der Waals surface area contributed by atoms with Gasteiger partial charge in [0.25, 0.3) is 0 Å². The minimum Gasteiger partial charge on any atom is -0.319 e. The molecule has 0 aromatic carbocycles. The second kappa shape index (κ2) is 6.65. The average Bonchev–Trinajstić information content (AvgIpc) is 2.85. The van der Waals surface area contributed by atoms with Gasteiger partial charge >= 0.3 is 0 Å². The molecule has 6 nitrogen and oxygen atoms in total. The molecule has 2 rings (SSSR count). The Morgan fingerprint density at radius 3 is 2.84 bits per heavy atom. The summed E-state index contributed by atoms with van der Waals surface area (Å²) < 4.78 is 1.78.